The number of amides is 2. The van der Waals surface area contributed by atoms with Crippen LogP contribution in [0.25, 0.3) is 0 Å². The number of thioether (sulfide) groups is 1. The second kappa shape index (κ2) is 12.3. The fourth-order valence-electron chi connectivity index (χ4n) is 2.78. The van der Waals surface area contributed by atoms with E-state index in [9.17, 15) is 9.59 Å². The molecule has 3 aromatic rings. The van der Waals surface area contributed by atoms with Gasteiger partial charge in [0.15, 0.2) is 11.0 Å². The number of halogens is 1. The largest absolute Gasteiger partial charge is 0.486 e. The molecular formula is C23H26ClN5O3S. The van der Waals surface area contributed by atoms with Crippen molar-refractivity contribution in [2.24, 2.45) is 5.92 Å². The van der Waals surface area contributed by atoms with Crippen LogP contribution >= 0.6 is 23.4 Å². The average Bonchev–Trinajstić information content (AvgIpc) is 3.21. The molecule has 0 saturated heterocycles. The molecule has 2 aromatic carbocycles. The summed E-state index contributed by atoms with van der Waals surface area (Å²) < 4.78 is 7.80. The van der Waals surface area contributed by atoms with Gasteiger partial charge in [0.25, 0.3) is 5.91 Å². The lowest BCUT2D eigenvalue weighted by atomic mass is 10.1. The Kier molecular flexibility index (Phi) is 9.14. The van der Waals surface area contributed by atoms with E-state index in [2.05, 4.69) is 34.9 Å². The molecule has 0 aliphatic carbocycles. The highest BCUT2D eigenvalue weighted by atomic mass is 35.5. The van der Waals surface area contributed by atoms with Crippen LogP contribution in [0.2, 0.25) is 5.02 Å². The molecule has 10 heteroatoms. The highest BCUT2D eigenvalue weighted by Gasteiger charge is 2.16. The number of hydrazine groups is 1. The normalized spacial score (nSPS) is 10.8. The van der Waals surface area contributed by atoms with Gasteiger partial charge in [-0.2, -0.15) is 0 Å². The summed E-state index contributed by atoms with van der Waals surface area (Å²) in [5.41, 5.74) is 5.20. The molecule has 0 bridgehead atoms. The Bertz CT molecular complexity index is 1060. The lowest BCUT2D eigenvalue weighted by Gasteiger charge is -2.12. The maximum atomic E-state index is 12.3. The van der Waals surface area contributed by atoms with E-state index in [-0.39, 0.29) is 18.3 Å². The molecule has 0 radical (unpaired) electrons. The average molecular weight is 488 g/mol. The third-order valence-electron chi connectivity index (χ3n) is 4.59. The zero-order valence-corrected chi connectivity index (χ0v) is 20.0. The molecule has 2 amide bonds. The Morgan fingerprint density at radius 1 is 1.06 bits per heavy atom. The SMILES string of the molecule is CC(C)CCn1c(COc2ccccc2)nnc1SCC(=O)NNC(=O)c1ccc(Cl)cc1. The first kappa shape index (κ1) is 24.6. The van der Waals surface area contributed by atoms with Gasteiger partial charge in [-0.25, -0.2) is 0 Å². The monoisotopic (exact) mass is 487 g/mol. The predicted octanol–water partition coefficient (Wildman–Crippen LogP) is 4.11. The van der Waals surface area contributed by atoms with Crippen LogP contribution in [-0.4, -0.2) is 32.3 Å². The van der Waals surface area contributed by atoms with Crippen LogP contribution in [0.1, 0.15) is 36.5 Å². The number of nitrogens with zero attached hydrogens (tertiary/aromatic N) is 3. The number of carbonyl (C=O) groups excluding carboxylic acids is 2. The molecule has 1 aromatic heterocycles. The van der Waals surface area contributed by atoms with Gasteiger partial charge < -0.3 is 9.30 Å². The Hall–Kier alpha value is -3.04. The summed E-state index contributed by atoms with van der Waals surface area (Å²) in [5, 5.41) is 9.66. The minimum absolute atomic E-state index is 0.0697. The third kappa shape index (κ3) is 7.80. The fraction of sp³-hybridized carbons (Fsp3) is 0.304. The second-order valence-electron chi connectivity index (χ2n) is 7.63. The maximum Gasteiger partial charge on any atom is 0.269 e. The molecule has 33 heavy (non-hydrogen) atoms. The third-order valence-corrected chi connectivity index (χ3v) is 5.81. The number of hydrogen-bond donors (Lipinski definition) is 2. The molecule has 0 fully saturated rings. The number of benzene rings is 2. The first-order valence-electron chi connectivity index (χ1n) is 10.5. The zero-order valence-electron chi connectivity index (χ0n) is 18.5. The number of nitrogens with one attached hydrogen (secondary N) is 2. The summed E-state index contributed by atoms with van der Waals surface area (Å²) >= 11 is 7.08. The van der Waals surface area contributed by atoms with Gasteiger partial charge in [-0.15, -0.1) is 10.2 Å². The Labute approximate surface area is 202 Å². The standard InChI is InChI=1S/C23H26ClN5O3S/c1-16(2)12-13-29-20(14-32-19-6-4-3-5-7-19)25-28-23(29)33-15-21(30)26-27-22(31)17-8-10-18(24)11-9-17/h3-11,16H,12-15H2,1-2H3,(H,26,30)(H,27,31). The van der Waals surface area contributed by atoms with Crippen LogP contribution in [0.4, 0.5) is 0 Å². The van der Waals surface area contributed by atoms with Gasteiger partial charge in [0.2, 0.25) is 5.91 Å². The number of rotatable bonds is 10. The molecule has 8 nitrogen and oxygen atoms in total. The van der Waals surface area contributed by atoms with Gasteiger partial charge in [-0.3, -0.25) is 20.4 Å². The topological polar surface area (TPSA) is 98.1 Å². The Morgan fingerprint density at radius 2 is 1.79 bits per heavy atom. The van der Waals surface area contributed by atoms with Crippen molar-refractivity contribution in [1.82, 2.24) is 25.6 Å². The first-order valence-corrected chi connectivity index (χ1v) is 11.9. The molecule has 1 heterocycles. The van der Waals surface area contributed by atoms with E-state index in [0.717, 1.165) is 18.7 Å². The first-order chi connectivity index (χ1) is 15.9. The van der Waals surface area contributed by atoms with Crippen molar-refractivity contribution in [2.45, 2.75) is 38.6 Å². The summed E-state index contributed by atoms with van der Waals surface area (Å²) in [6, 6.07) is 15.9. The lowest BCUT2D eigenvalue weighted by molar-refractivity contribution is -0.119. The van der Waals surface area contributed by atoms with Crippen molar-refractivity contribution in [2.75, 3.05) is 5.75 Å². The lowest BCUT2D eigenvalue weighted by Crippen LogP contribution is -2.42. The molecular weight excluding hydrogens is 462 g/mol. The van der Waals surface area contributed by atoms with Crippen molar-refractivity contribution in [3.05, 3.63) is 71.0 Å². The minimum atomic E-state index is -0.425. The van der Waals surface area contributed by atoms with Crippen molar-refractivity contribution in [3.63, 3.8) is 0 Å². The van der Waals surface area contributed by atoms with Crippen LogP contribution in [0.15, 0.2) is 59.8 Å². The van der Waals surface area contributed by atoms with Crippen molar-refractivity contribution in [3.8, 4) is 5.75 Å². The van der Waals surface area contributed by atoms with Gasteiger partial charge in [0.05, 0.1) is 5.75 Å². The van der Waals surface area contributed by atoms with E-state index in [1.54, 1.807) is 24.3 Å². The van der Waals surface area contributed by atoms with Crippen LogP contribution in [0.3, 0.4) is 0 Å². The van der Waals surface area contributed by atoms with Gasteiger partial charge in [-0.05, 0) is 48.7 Å². The van der Waals surface area contributed by atoms with E-state index in [1.807, 2.05) is 34.9 Å². The second-order valence-corrected chi connectivity index (χ2v) is 9.01. The molecule has 0 atom stereocenters. The van der Waals surface area contributed by atoms with Crippen molar-refractivity contribution < 1.29 is 14.3 Å². The summed E-state index contributed by atoms with van der Waals surface area (Å²) in [6.45, 7) is 5.29. The Morgan fingerprint density at radius 3 is 2.48 bits per heavy atom. The molecule has 0 unspecified atom stereocenters. The van der Waals surface area contributed by atoms with E-state index in [4.69, 9.17) is 16.3 Å². The highest BCUT2D eigenvalue weighted by Crippen LogP contribution is 2.20. The molecule has 0 aliphatic heterocycles. The quantitative estimate of drug-likeness (QED) is 0.330. The number of para-hydroxylation sites is 1. The van der Waals surface area contributed by atoms with E-state index in [1.165, 1.54) is 11.8 Å². The molecule has 3 rings (SSSR count). The summed E-state index contributed by atoms with van der Waals surface area (Å²) in [4.78, 5) is 24.4. The van der Waals surface area contributed by atoms with Crippen molar-refractivity contribution in [1.29, 1.82) is 0 Å². The number of carbonyl (C=O) groups is 2. The van der Waals surface area contributed by atoms with Gasteiger partial charge in [-0.1, -0.05) is 55.4 Å². The minimum Gasteiger partial charge on any atom is -0.486 e. The summed E-state index contributed by atoms with van der Waals surface area (Å²) in [6.07, 6.45) is 0.938. The number of aromatic nitrogens is 3. The van der Waals surface area contributed by atoms with Crippen LogP contribution < -0.4 is 15.6 Å². The van der Waals surface area contributed by atoms with Gasteiger partial charge in [0.1, 0.15) is 12.4 Å². The van der Waals surface area contributed by atoms with Gasteiger partial charge >= 0.3 is 0 Å². The molecule has 0 spiro atoms. The predicted molar refractivity (Wildman–Crippen MR) is 128 cm³/mol. The van der Waals surface area contributed by atoms with Gasteiger partial charge in [0, 0.05) is 17.1 Å². The van der Waals surface area contributed by atoms with Crippen LogP contribution in [-0.2, 0) is 17.9 Å². The summed E-state index contributed by atoms with van der Waals surface area (Å²) in [7, 11) is 0. The van der Waals surface area contributed by atoms with Crippen LogP contribution in [0.5, 0.6) is 5.75 Å². The summed E-state index contributed by atoms with van der Waals surface area (Å²) in [5.74, 6) is 1.23. The molecule has 174 valence electrons. The van der Waals surface area contributed by atoms with Crippen molar-refractivity contribution >= 4 is 35.2 Å². The smallest absolute Gasteiger partial charge is 0.269 e. The zero-order chi connectivity index (χ0) is 23.6. The van der Waals surface area contributed by atoms with Crippen LogP contribution in [0, 0.1) is 5.92 Å². The van der Waals surface area contributed by atoms with E-state index in [0.29, 0.717) is 27.5 Å². The maximum absolute atomic E-state index is 12.3. The highest BCUT2D eigenvalue weighted by molar-refractivity contribution is 7.99. The Balaban J connectivity index is 1.55. The fourth-order valence-corrected chi connectivity index (χ4v) is 3.68. The van der Waals surface area contributed by atoms with E-state index >= 15 is 0 Å². The molecule has 0 saturated carbocycles. The number of hydrogen-bond acceptors (Lipinski definition) is 6. The molecule has 0 aliphatic rings. The number of ether oxygens (including phenoxy) is 1. The van der Waals surface area contributed by atoms with E-state index < -0.39 is 5.91 Å². The molecule has 2 N–H and O–H groups in total.